The molecule has 1 radical (unpaired) electrons. The first-order valence-electron chi connectivity index (χ1n) is 3.98. The van der Waals surface area contributed by atoms with Crippen molar-refractivity contribution in [2.24, 2.45) is 0 Å². The molecule has 1 aliphatic rings. The summed E-state index contributed by atoms with van der Waals surface area (Å²) >= 11 is 0. The van der Waals surface area contributed by atoms with Crippen molar-refractivity contribution in [3.05, 3.63) is 6.42 Å². The van der Waals surface area contributed by atoms with Crippen molar-refractivity contribution in [2.75, 3.05) is 6.54 Å². The zero-order valence-electron chi connectivity index (χ0n) is 6.19. The van der Waals surface area contributed by atoms with Crippen molar-refractivity contribution in [3.8, 4) is 0 Å². The van der Waals surface area contributed by atoms with Gasteiger partial charge in [0.15, 0.2) is 0 Å². The summed E-state index contributed by atoms with van der Waals surface area (Å²) < 4.78 is 0. The van der Waals surface area contributed by atoms with Crippen LogP contribution in [0, 0.1) is 6.42 Å². The van der Waals surface area contributed by atoms with Crippen LogP contribution in [0.3, 0.4) is 0 Å². The molecule has 53 valence electrons. The van der Waals surface area contributed by atoms with Crippen LogP contribution >= 0.6 is 0 Å². The number of rotatable bonds is 3. The van der Waals surface area contributed by atoms with Gasteiger partial charge in [-0.2, -0.15) is 0 Å². The minimum atomic E-state index is 0.810. The normalized spacial score (nSPS) is 21.0. The second-order valence-corrected chi connectivity index (χ2v) is 2.75. The Hall–Kier alpha value is -0.0400. The van der Waals surface area contributed by atoms with Crippen LogP contribution in [0.1, 0.15) is 32.6 Å². The standard InChI is InChI=1S/C8H16N/c1-2-7-9-8-5-3-4-6-8/h3,8-9H,2,4-7H2,1H3. The highest BCUT2D eigenvalue weighted by Gasteiger charge is 2.12. The lowest BCUT2D eigenvalue weighted by Crippen LogP contribution is -2.26. The smallest absolute Gasteiger partial charge is 0.00699 e. The van der Waals surface area contributed by atoms with E-state index in [9.17, 15) is 0 Å². The molecule has 0 aromatic carbocycles. The molecule has 0 aromatic rings. The molecular weight excluding hydrogens is 110 g/mol. The van der Waals surface area contributed by atoms with Crippen molar-refractivity contribution in [3.63, 3.8) is 0 Å². The predicted molar refractivity (Wildman–Crippen MR) is 40.2 cm³/mol. The van der Waals surface area contributed by atoms with Gasteiger partial charge in [-0.25, -0.2) is 0 Å². The molecule has 1 N–H and O–H groups in total. The molecule has 1 fully saturated rings. The van der Waals surface area contributed by atoms with Crippen LogP contribution in [-0.4, -0.2) is 12.6 Å². The average molecular weight is 126 g/mol. The summed E-state index contributed by atoms with van der Waals surface area (Å²) in [6, 6.07) is 0.810. The molecule has 0 aliphatic heterocycles. The molecule has 1 nitrogen and oxygen atoms in total. The van der Waals surface area contributed by atoms with E-state index in [0.29, 0.717) is 0 Å². The van der Waals surface area contributed by atoms with E-state index in [4.69, 9.17) is 0 Å². The highest BCUT2D eigenvalue weighted by atomic mass is 14.9. The molecule has 1 aliphatic carbocycles. The summed E-state index contributed by atoms with van der Waals surface area (Å²) in [6.45, 7) is 3.41. The monoisotopic (exact) mass is 126 g/mol. The highest BCUT2D eigenvalue weighted by molar-refractivity contribution is 4.84. The Labute approximate surface area is 57.8 Å². The van der Waals surface area contributed by atoms with Gasteiger partial charge in [-0.15, -0.1) is 0 Å². The zero-order valence-corrected chi connectivity index (χ0v) is 6.19. The van der Waals surface area contributed by atoms with Crippen molar-refractivity contribution in [2.45, 2.75) is 38.6 Å². The molecule has 1 atom stereocenters. The predicted octanol–water partition coefficient (Wildman–Crippen LogP) is 1.74. The van der Waals surface area contributed by atoms with E-state index in [1.807, 2.05) is 0 Å². The molecule has 0 amide bonds. The fourth-order valence-corrected chi connectivity index (χ4v) is 1.29. The third-order valence-corrected chi connectivity index (χ3v) is 1.85. The summed E-state index contributed by atoms with van der Waals surface area (Å²) in [5, 5.41) is 3.50. The summed E-state index contributed by atoms with van der Waals surface area (Å²) in [6.07, 6.45) is 7.62. The SMILES string of the molecule is CCCNC1C[CH]CC1. The van der Waals surface area contributed by atoms with E-state index >= 15 is 0 Å². The van der Waals surface area contributed by atoms with Gasteiger partial charge >= 0.3 is 0 Å². The average Bonchev–Trinajstić information content (AvgIpc) is 2.34. The van der Waals surface area contributed by atoms with E-state index < -0.39 is 0 Å². The Balaban J connectivity index is 1.98. The second kappa shape index (κ2) is 3.89. The fourth-order valence-electron chi connectivity index (χ4n) is 1.29. The fraction of sp³-hybridized carbons (Fsp3) is 0.875. The summed E-state index contributed by atoms with van der Waals surface area (Å²) in [4.78, 5) is 0. The van der Waals surface area contributed by atoms with Crippen molar-refractivity contribution in [1.29, 1.82) is 0 Å². The molecule has 0 heterocycles. The highest BCUT2D eigenvalue weighted by Crippen LogP contribution is 2.15. The molecule has 0 saturated heterocycles. The van der Waals surface area contributed by atoms with Crippen molar-refractivity contribution < 1.29 is 0 Å². The molecule has 9 heavy (non-hydrogen) atoms. The van der Waals surface area contributed by atoms with E-state index in [-0.39, 0.29) is 0 Å². The Kier molecular flexibility index (Phi) is 3.05. The van der Waals surface area contributed by atoms with Crippen LogP contribution in [0.4, 0.5) is 0 Å². The van der Waals surface area contributed by atoms with Crippen LogP contribution in [0.15, 0.2) is 0 Å². The zero-order chi connectivity index (χ0) is 6.53. The molecule has 1 heteroatoms. The molecule has 0 aromatic heterocycles. The van der Waals surface area contributed by atoms with Crippen LogP contribution < -0.4 is 5.32 Å². The number of hydrogen-bond acceptors (Lipinski definition) is 1. The van der Waals surface area contributed by atoms with Gasteiger partial charge in [-0.05, 0) is 38.6 Å². The number of nitrogens with one attached hydrogen (secondary N) is 1. The van der Waals surface area contributed by atoms with Gasteiger partial charge in [-0.3, -0.25) is 0 Å². The van der Waals surface area contributed by atoms with E-state index in [1.54, 1.807) is 0 Å². The number of hydrogen-bond donors (Lipinski definition) is 1. The minimum absolute atomic E-state index is 0.810. The quantitative estimate of drug-likeness (QED) is 0.607. The first kappa shape index (κ1) is 7.07. The van der Waals surface area contributed by atoms with Crippen LogP contribution in [0.25, 0.3) is 0 Å². The van der Waals surface area contributed by atoms with Gasteiger partial charge in [0.1, 0.15) is 0 Å². The molecule has 1 unspecified atom stereocenters. The lowest BCUT2D eigenvalue weighted by Gasteiger charge is -2.08. The molecule has 0 spiro atoms. The topological polar surface area (TPSA) is 12.0 Å². The summed E-state index contributed by atoms with van der Waals surface area (Å²) in [7, 11) is 0. The Morgan fingerprint density at radius 2 is 2.56 bits per heavy atom. The van der Waals surface area contributed by atoms with Crippen LogP contribution in [-0.2, 0) is 0 Å². The summed E-state index contributed by atoms with van der Waals surface area (Å²) in [5.41, 5.74) is 0. The first-order chi connectivity index (χ1) is 4.43. The van der Waals surface area contributed by atoms with Crippen LogP contribution in [0.5, 0.6) is 0 Å². The van der Waals surface area contributed by atoms with Gasteiger partial charge in [0.2, 0.25) is 0 Å². The maximum atomic E-state index is 3.50. The Morgan fingerprint density at radius 3 is 3.11 bits per heavy atom. The molecule has 1 rings (SSSR count). The van der Waals surface area contributed by atoms with E-state index in [0.717, 1.165) is 6.04 Å². The van der Waals surface area contributed by atoms with Crippen molar-refractivity contribution >= 4 is 0 Å². The maximum absolute atomic E-state index is 3.50. The third kappa shape index (κ3) is 2.35. The summed E-state index contributed by atoms with van der Waals surface area (Å²) in [5.74, 6) is 0. The Morgan fingerprint density at radius 1 is 1.67 bits per heavy atom. The largest absolute Gasteiger partial charge is 0.314 e. The molecule has 0 bridgehead atoms. The molecule has 1 saturated carbocycles. The lowest BCUT2D eigenvalue weighted by atomic mass is 10.2. The Bertz CT molecular complexity index is 65.0. The first-order valence-corrected chi connectivity index (χ1v) is 3.98. The van der Waals surface area contributed by atoms with E-state index in [2.05, 4.69) is 18.7 Å². The maximum Gasteiger partial charge on any atom is 0.00699 e. The van der Waals surface area contributed by atoms with Gasteiger partial charge in [0.25, 0.3) is 0 Å². The lowest BCUT2D eigenvalue weighted by molar-refractivity contribution is 0.528. The van der Waals surface area contributed by atoms with Gasteiger partial charge in [0, 0.05) is 6.04 Å². The van der Waals surface area contributed by atoms with Gasteiger partial charge in [-0.1, -0.05) is 6.92 Å². The van der Waals surface area contributed by atoms with Crippen molar-refractivity contribution in [1.82, 2.24) is 5.32 Å². The van der Waals surface area contributed by atoms with Gasteiger partial charge in [0.05, 0.1) is 0 Å². The van der Waals surface area contributed by atoms with Gasteiger partial charge < -0.3 is 5.32 Å². The second-order valence-electron chi connectivity index (χ2n) is 2.75. The molecular formula is C8H16N. The minimum Gasteiger partial charge on any atom is -0.314 e. The third-order valence-electron chi connectivity index (χ3n) is 1.85. The van der Waals surface area contributed by atoms with E-state index in [1.165, 1.54) is 32.2 Å². The van der Waals surface area contributed by atoms with Crippen LogP contribution in [0.2, 0.25) is 0 Å².